The molecule has 1 aliphatic rings. The summed E-state index contributed by atoms with van der Waals surface area (Å²) in [6.45, 7) is 5.16. The molecular weight excluding hydrogens is 286 g/mol. The van der Waals surface area contributed by atoms with Crippen LogP contribution in [0.2, 0.25) is 0 Å². The van der Waals surface area contributed by atoms with E-state index < -0.39 is 0 Å². The minimum atomic E-state index is 0.327. The summed E-state index contributed by atoms with van der Waals surface area (Å²) in [5.74, 6) is 0.327. The fraction of sp³-hybridized carbons (Fsp3) is 0.368. The van der Waals surface area contributed by atoms with E-state index in [0.29, 0.717) is 5.75 Å². The van der Waals surface area contributed by atoms with Crippen LogP contribution in [0.5, 0.6) is 5.75 Å². The summed E-state index contributed by atoms with van der Waals surface area (Å²) in [6, 6.07) is 16.1. The number of piperazine rings is 1. The van der Waals surface area contributed by atoms with E-state index in [-0.39, 0.29) is 0 Å². The number of aromatic hydroxyl groups is 1. The van der Waals surface area contributed by atoms with E-state index in [1.54, 1.807) is 12.1 Å². The molecular formula is C19H25N3O. The van der Waals surface area contributed by atoms with Crippen LogP contribution in [-0.4, -0.2) is 50.3 Å². The van der Waals surface area contributed by atoms with Gasteiger partial charge < -0.3 is 14.9 Å². The minimum Gasteiger partial charge on any atom is -0.508 e. The van der Waals surface area contributed by atoms with Gasteiger partial charge in [-0.3, -0.25) is 4.90 Å². The topological polar surface area (TPSA) is 30.0 Å². The van der Waals surface area contributed by atoms with E-state index in [4.69, 9.17) is 0 Å². The molecule has 4 nitrogen and oxygen atoms in total. The highest BCUT2D eigenvalue weighted by molar-refractivity contribution is 5.52. The lowest BCUT2D eigenvalue weighted by molar-refractivity contribution is 0.250. The molecule has 0 aromatic heterocycles. The largest absolute Gasteiger partial charge is 0.508 e. The summed E-state index contributed by atoms with van der Waals surface area (Å²) in [5.41, 5.74) is 3.88. The molecule has 3 rings (SSSR count). The van der Waals surface area contributed by atoms with Crippen molar-refractivity contribution in [3.05, 3.63) is 54.1 Å². The molecule has 0 bridgehead atoms. The van der Waals surface area contributed by atoms with Gasteiger partial charge in [0.2, 0.25) is 0 Å². The lowest BCUT2D eigenvalue weighted by Gasteiger charge is -2.36. The molecule has 2 aromatic carbocycles. The van der Waals surface area contributed by atoms with Gasteiger partial charge >= 0.3 is 0 Å². The van der Waals surface area contributed by atoms with Crippen molar-refractivity contribution in [2.24, 2.45) is 0 Å². The number of hydrogen-bond acceptors (Lipinski definition) is 4. The number of benzene rings is 2. The van der Waals surface area contributed by atoms with Crippen molar-refractivity contribution >= 4 is 11.4 Å². The highest BCUT2D eigenvalue weighted by Crippen LogP contribution is 2.23. The highest BCUT2D eigenvalue weighted by atomic mass is 16.3. The van der Waals surface area contributed by atoms with E-state index in [2.05, 4.69) is 53.1 Å². The van der Waals surface area contributed by atoms with Gasteiger partial charge in [-0.25, -0.2) is 0 Å². The van der Waals surface area contributed by atoms with Crippen LogP contribution < -0.4 is 9.80 Å². The standard InChI is InChI=1S/C19H25N3O/c1-20(2)19-6-4-3-5-16(19)15-21-11-13-22(14-12-21)17-7-9-18(23)10-8-17/h3-10,23H,11-15H2,1-2H3. The predicted molar refractivity (Wildman–Crippen MR) is 96.4 cm³/mol. The maximum absolute atomic E-state index is 9.40. The first-order valence-electron chi connectivity index (χ1n) is 8.15. The Morgan fingerprint density at radius 2 is 1.57 bits per heavy atom. The molecule has 1 fully saturated rings. The summed E-state index contributed by atoms with van der Waals surface area (Å²) in [5, 5.41) is 9.40. The van der Waals surface area contributed by atoms with Gasteiger partial charge in [-0.2, -0.15) is 0 Å². The van der Waals surface area contributed by atoms with Crippen LogP contribution in [0.25, 0.3) is 0 Å². The van der Waals surface area contributed by atoms with E-state index in [1.165, 1.54) is 16.9 Å². The van der Waals surface area contributed by atoms with E-state index >= 15 is 0 Å². The van der Waals surface area contributed by atoms with Crippen LogP contribution in [0.15, 0.2) is 48.5 Å². The quantitative estimate of drug-likeness (QED) is 0.940. The SMILES string of the molecule is CN(C)c1ccccc1CN1CCN(c2ccc(O)cc2)CC1. The summed E-state index contributed by atoms with van der Waals surface area (Å²) in [7, 11) is 4.20. The Bertz CT molecular complexity index is 631. The zero-order valence-corrected chi connectivity index (χ0v) is 13.9. The summed E-state index contributed by atoms with van der Waals surface area (Å²) < 4.78 is 0. The van der Waals surface area contributed by atoms with Crippen LogP contribution in [0.3, 0.4) is 0 Å². The van der Waals surface area contributed by atoms with Crippen molar-refractivity contribution in [3.8, 4) is 5.75 Å². The van der Waals surface area contributed by atoms with Crippen LogP contribution in [0, 0.1) is 0 Å². The Balaban J connectivity index is 1.60. The molecule has 0 amide bonds. The third-order valence-corrected chi connectivity index (χ3v) is 4.45. The first-order valence-corrected chi connectivity index (χ1v) is 8.15. The first kappa shape index (κ1) is 15.7. The second kappa shape index (κ2) is 6.92. The molecule has 1 aliphatic heterocycles. The molecule has 1 N–H and O–H groups in total. The highest BCUT2D eigenvalue weighted by Gasteiger charge is 2.18. The second-order valence-electron chi connectivity index (χ2n) is 6.30. The van der Waals surface area contributed by atoms with Crippen LogP contribution in [-0.2, 0) is 6.54 Å². The fourth-order valence-electron chi connectivity index (χ4n) is 3.15. The number of rotatable bonds is 4. The van der Waals surface area contributed by atoms with Crippen molar-refractivity contribution in [3.63, 3.8) is 0 Å². The van der Waals surface area contributed by atoms with Crippen LogP contribution in [0.1, 0.15) is 5.56 Å². The number of nitrogens with zero attached hydrogens (tertiary/aromatic N) is 3. The third kappa shape index (κ3) is 3.77. The van der Waals surface area contributed by atoms with Crippen LogP contribution in [0.4, 0.5) is 11.4 Å². The molecule has 0 radical (unpaired) electrons. The molecule has 1 heterocycles. The molecule has 1 saturated heterocycles. The van der Waals surface area contributed by atoms with E-state index in [1.807, 2.05) is 12.1 Å². The molecule has 122 valence electrons. The van der Waals surface area contributed by atoms with Gasteiger partial charge in [0.1, 0.15) is 5.75 Å². The number of hydrogen-bond donors (Lipinski definition) is 1. The smallest absolute Gasteiger partial charge is 0.115 e. The van der Waals surface area contributed by atoms with Gasteiger partial charge in [0.15, 0.2) is 0 Å². The summed E-state index contributed by atoms with van der Waals surface area (Å²) in [4.78, 5) is 7.08. The van der Waals surface area contributed by atoms with Gasteiger partial charge in [-0.05, 0) is 35.9 Å². The van der Waals surface area contributed by atoms with Crippen molar-refractivity contribution in [1.29, 1.82) is 0 Å². The molecule has 0 spiro atoms. The monoisotopic (exact) mass is 311 g/mol. The lowest BCUT2D eigenvalue weighted by atomic mass is 10.1. The average molecular weight is 311 g/mol. The van der Waals surface area contributed by atoms with Gasteiger partial charge in [0.25, 0.3) is 0 Å². The molecule has 4 heteroatoms. The van der Waals surface area contributed by atoms with Crippen molar-refractivity contribution in [1.82, 2.24) is 4.90 Å². The third-order valence-electron chi connectivity index (χ3n) is 4.45. The Morgan fingerprint density at radius 3 is 2.22 bits per heavy atom. The Hall–Kier alpha value is -2.20. The van der Waals surface area contributed by atoms with Gasteiger partial charge in [0, 0.05) is 58.2 Å². The zero-order chi connectivity index (χ0) is 16.2. The molecule has 0 saturated carbocycles. The molecule has 2 aromatic rings. The Kier molecular flexibility index (Phi) is 4.72. The second-order valence-corrected chi connectivity index (χ2v) is 6.30. The number of anilines is 2. The van der Waals surface area contributed by atoms with E-state index in [9.17, 15) is 5.11 Å². The lowest BCUT2D eigenvalue weighted by Crippen LogP contribution is -2.46. The average Bonchev–Trinajstić information content (AvgIpc) is 2.57. The predicted octanol–water partition coefficient (Wildman–Crippen LogP) is 2.78. The van der Waals surface area contributed by atoms with Gasteiger partial charge in [-0.1, -0.05) is 18.2 Å². The Morgan fingerprint density at radius 1 is 0.913 bits per heavy atom. The minimum absolute atomic E-state index is 0.327. The van der Waals surface area contributed by atoms with Crippen molar-refractivity contribution < 1.29 is 5.11 Å². The number of phenolic OH excluding ortho intramolecular Hbond substituents is 1. The summed E-state index contributed by atoms with van der Waals surface area (Å²) >= 11 is 0. The maximum atomic E-state index is 9.40. The fourth-order valence-corrected chi connectivity index (χ4v) is 3.15. The van der Waals surface area contributed by atoms with E-state index in [0.717, 1.165) is 32.7 Å². The van der Waals surface area contributed by atoms with Crippen molar-refractivity contribution in [2.45, 2.75) is 6.54 Å². The molecule has 23 heavy (non-hydrogen) atoms. The zero-order valence-electron chi connectivity index (χ0n) is 13.9. The molecule has 0 aliphatic carbocycles. The van der Waals surface area contributed by atoms with Crippen LogP contribution >= 0.6 is 0 Å². The van der Waals surface area contributed by atoms with Crippen molar-refractivity contribution in [2.75, 3.05) is 50.1 Å². The molecule has 0 atom stereocenters. The maximum Gasteiger partial charge on any atom is 0.115 e. The molecule has 0 unspecified atom stereocenters. The van der Waals surface area contributed by atoms with Gasteiger partial charge in [-0.15, -0.1) is 0 Å². The number of phenols is 1. The first-order chi connectivity index (χ1) is 11.1. The summed E-state index contributed by atoms with van der Waals surface area (Å²) in [6.07, 6.45) is 0. The van der Waals surface area contributed by atoms with Gasteiger partial charge in [0.05, 0.1) is 0 Å². The Labute approximate surface area is 138 Å². The number of para-hydroxylation sites is 1. The normalized spacial score (nSPS) is 15.7.